The number of anilines is 2. The summed E-state index contributed by atoms with van der Waals surface area (Å²) in [6.07, 6.45) is -2.35. The molecule has 0 fully saturated rings. The van der Waals surface area contributed by atoms with Crippen LogP contribution in [0.15, 0.2) is 48.5 Å². The molecule has 146 valence electrons. The number of carbonyl (C=O) groups excluding carboxylic acids is 3. The van der Waals surface area contributed by atoms with Crippen molar-refractivity contribution in [3.63, 3.8) is 0 Å². The minimum atomic E-state index is -1.03. The van der Waals surface area contributed by atoms with Crippen molar-refractivity contribution in [2.45, 2.75) is 25.6 Å². The lowest BCUT2D eigenvalue weighted by atomic mass is 10.1. The molecule has 0 aliphatic carbocycles. The van der Waals surface area contributed by atoms with Crippen molar-refractivity contribution in [1.82, 2.24) is 0 Å². The normalized spacial score (nSPS) is 16.1. The number of methoxy groups -OCH3 is 1. The van der Waals surface area contributed by atoms with E-state index in [9.17, 15) is 14.4 Å². The molecule has 0 saturated carbocycles. The van der Waals surface area contributed by atoms with Gasteiger partial charge in [0.2, 0.25) is 0 Å². The number of carbonyl (C=O) groups is 3. The van der Waals surface area contributed by atoms with E-state index in [2.05, 4.69) is 10.6 Å². The van der Waals surface area contributed by atoms with Gasteiger partial charge < -0.3 is 24.8 Å². The molecule has 2 atom stereocenters. The zero-order valence-electron chi connectivity index (χ0n) is 15.4. The summed E-state index contributed by atoms with van der Waals surface area (Å²) in [5, 5.41) is 5.31. The Bertz CT molecular complexity index is 881. The van der Waals surface area contributed by atoms with Crippen LogP contribution in [0.5, 0.6) is 11.5 Å². The number of fused-ring (bicyclic) bond motifs is 1. The number of amides is 2. The van der Waals surface area contributed by atoms with Gasteiger partial charge in [0.25, 0.3) is 11.8 Å². The summed E-state index contributed by atoms with van der Waals surface area (Å²) >= 11 is 0. The third-order valence-corrected chi connectivity index (χ3v) is 4.09. The van der Waals surface area contributed by atoms with Crippen LogP contribution in [0.4, 0.5) is 11.4 Å². The van der Waals surface area contributed by atoms with E-state index >= 15 is 0 Å². The molecule has 2 aromatic rings. The monoisotopic (exact) mass is 384 g/mol. The van der Waals surface area contributed by atoms with E-state index in [1.165, 1.54) is 6.92 Å². The Morgan fingerprint density at radius 3 is 2.61 bits per heavy atom. The smallest absolute Gasteiger partial charge is 0.310 e. The second-order valence-electron chi connectivity index (χ2n) is 6.15. The summed E-state index contributed by atoms with van der Waals surface area (Å²) in [6.45, 7) is 1.45. The van der Waals surface area contributed by atoms with Crippen LogP contribution in [-0.4, -0.2) is 37.1 Å². The Balaban J connectivity index is 1.52. The molecule has 2 aromatic carbocycles. The predicted molar refractivity (Wildman–Crippen MR) is 101 cm³/mol. The number of para-hydroxylation sites is 2. The third kappa shape index (κ3) is 4.59. The fraction of sp³-hybridized carbons (Fsp3) is 0.250. The van der Waals surface area contributed by atoms with Crippen molar-refractivity contribution >= 4 is 29.2 Å². The Hall–Kier alpha value is -3.55. The van der Waals surface area contributed by atoms with Crippen LogP contribution < -0.4 is 20.1 Å². The Labute approximate surface area is 161 Å². The van der Waals surface area contributed by atoms with Crippen LogP contribution >= 0.6 is 0 Å². The van der Waals surface area contributed by atoms with Gasteiger partial charge >= 0.3 is 5.97 Å². The fourth-order valence-corrected chi connectivity index (χ4v) is 2.60. The van der Waals surface area contributed by atoms with Gasteiger partial charge in [-0.05, 0) is 43.3 Å². The van der Waals surface area contributed by atoms with Gasteiger partial charge in [-0.3, -0.25) is 14.4 Å². The molecule has 3 rings (SSSR count). The van der Waals surface area contributed by atoms with E-state index in [1.807, 2.05) is 0 Å². The van der Waals surface area contributed by atoms with Crippen LogP contribution in [0.2, 0.25) is 0 Å². The molecule has 0 bridgehead atoms. The van der Waals surface area contributed by atoms with E-state index in [0.29, 0.717) is 22.9 Å². The average Bonchev–Trinajstić information content (AvgIpc) is 2.69. The molecule has 0 aromatic heterocycles. The number of hydrogen-bond donors (Lipinski definition) is 2. The molecule has 28 heavy (non-hydrogen) atoms. The van der Waals surface area contributed by atoms with Crippen LogP contribution in [0, 0.1) is 0 Å². The molecule has 0 radical (unpaired) electrons. The van der Waals surface area contributed by atoms with Gasteiger partial charge in [-0.2, -0.15) is 0 Å². The summed E-state index contributed by atoms with van der Waals surface area (Å²) in [6, 6.07) is 13.7. The van der Waals surface area contributed by atoms with Crippen LogP contribution in [0.25, 0.3) is 0 Å². The lowest BCUT2D eigenvalue weighted by Crippen LogP contribution is -2.40. The van der Waals surface area contributed by atoms with E-state index in [0.717, 1.165) is 0 Å². The molecular formula is C20H20N2O6. The van der Waals surface area contributed by atoms with Gasteiger partial charge in [-0.15, -0.1) is 0 Å². The number of nitrogens with one attached hydrogen (secondary N) is 2. The number of ether oxygens (including phenoxy) is 3. The summed E-state index contributed by atoms with van der Waals surface area (Å²) in [4.78, 5) is 36.4. The number of esters is 1. The molecule has 8 heteroatoms. The van der Waals surface area contributed by atoms with Gasteiger partial charge in [0, 0.05) is 5.69 Å². The second-order valence-corrected chi connectivity index (χ2v) is 6.15. The number of rotatable bonds is 6. The minimum Gasteiger partial charge on any atom is -0.497 e. The molecule has 8 nitrogen and oxygen atoms in total. The van der Waals surface area contributed by atoms with Gasteiger partial charge in [0.05, 0.1) is 19.2 Å². The average molecular weight is 384 g/mol. The molecule has 1 aliphatic rings. The zero-order chi connectivity index (χ0) is 20.1. The largest absolute Gasteiger partial charge is 0.497 e. The van der Waals surface area contributed by atoms with E-state index in [-0.39, 0.29) is 6.42 Å². The topological polar surface area (TPSA) is 103 Å². The SMILES string of the molecule is COc1ccc(NC(=O)[C@@H](C)OC(=O)C[C@H]2Oc3ccccc3NC2=O)cc1. The second kappa shape index (κ2) is 8.43. The molecule has 0 saturated heterocycles. The lowest BCUT2D eigenvalue weighted by Gasteiger charge is -2.25. The molecule has 1 heterocycles. The van der Waals surface area contributed by atoms with Crippen molar-refractivity contribution < 1.29 is 28.6 Å². The maximum atomic E-state index is 12.2. The van der Waals surface area contributed by atoms with Crippen LogP contribution in [-0.2, 0) is 19.1 Å². The van der Waals surface area contributed by atoms with E-state index in [4.69, 9.17) is 14.2 Å². The Kier molecular flexibility index (Phi) is 5.78. The molecule has 1 aliphatic heterocycles. The molecule has 2 amide bonds. The fourth-order valence-electron chi connectivity index (χ4n) is 2.60. The molecule has 0 spiro atoms. The quantitative estimate of drug-likeness (QED) is 0.741. The summed E-state index contributed by atoms with van der Waals surface area (Å²) in [5.41, 5.74) is 1.09. The van der Waals surface area contributed by atoms with Gasteiger partial charge in [0.15, 0.2) is 12.2 Å². The highest BCUT2D eigenvalue weighted by molar-refractivity contribution is 6.00. The first-order valence-corrected chi connectivity index (χ1v) is 8.67. The highest BCUT2D eigenvalue weighted by atomic mass is 16.6. The van der Waals surface area contributed by atoms with Gasteiger partial charge in [-0.1, -0.05) is 12.1 Å². The first-order valence-electron chi connectivity index (χ1n) is 8.67. The predicted octanol–water partition coefficient (Wildman–Crippen LogP) is 2.36. The van der Waals surface area contributed by atoms with Gasteiger partial charge in [-0.25, -0.2) is 0 Å². The number of hydrogen-bond acceptors (Lipinski definition) is 6. The maximum Gasteiger partial charge on any atom is 0.310 e. The number of benzene rings is 2. The Morgan fingerprint density at radius 2 is 1.89 bits per heavy atom. The summed E-state index contributed by atoms with van der Waals surface area (Å²) in [5.74, 6) is -0.504. The van der Waals surface area contributed by atoms with Gasteiger partial charge in [0.1, 0.15) is 11.5 Å². The van der Waals surface area contributed by atoms with Crippen molar-refractivity contribution in [3.8, 4) is 11.5 Å². The van der Waals surface area contributed by atoms with E-state index in [1.54, 1.807) is 55.6 Å². The first-order chi connectivity index (χ1) is 13.5. The van der Waals surface area contributed by atoms with Crippen LogP contribution in [0.3, 0.4) is 0 Å². The Morgan fingerprint density at radius 1 is 1.18 bits per heavy atom. The summed E-state index contributed by atoms with van der Waals surface area (Å²) < 4.78 is 15.7. The maximum absolute atomic E-state index is 12.2. The highest BCUT2D eigenvalue weighted by Gasteiger charge is 2.31. The van der Waals surface area contributed by atoms with E-state index < -0.39 is 30.0 Å². The molecule has 0 unspecified atom stereocenters. The first kappa shape index (κ1) is 19.2. The molecule has 2 N–H and O–H groups in total. The van der Waals surface area contributed by atoms with Crippen molar-refractivity contribution in [2.24, 2.45) is 0 Å². The minimum absolute atomic E-state index is 0.305. The third-order valence-electron chi connectivity index (χ3n) is 4.09. The van der Waals surface area contributed by atoms with Crippen LogP contribution in [0.1, 0.15) is 13.3 Å². The van der Waals surface area contributed by atoms with Crippen molar-refractivity contribution in [1.29, 1.82) is 0 Å². The molecular weight excluding hydrogens is 364 g/mol. The van der Waals surface area contributed by atoms with Crippen molar-refractivity contribution in [2.75, 3.05) is 17.7 Å². The standard InChI is InChI=1S/C20H20N2O6/c1-12(19(24)21-13-7-9-14(26-2)10-8-13)27-18(23)11-17-20(25)22-15-5-3-4-6-16(15)28-17/h3-10,12,17H,11H2,1-2H3,(H,21,24)(H,22,25)/t12-,17-/m1/s1. The van der Waals surface area contributed by atoms with Crippen molar-refractivity contribution in [3.05, 3.63) is 48.5 Å². The summed E-state index contributed by atoms with van der Waals surface area (Å²) in [7, 11) is 1.55. The lowest BCUT2D eigenvalue weighted by molar-refractivity contribution is -0.155. The zero-order valence-corrected chi connectivity index (χ0v) is 15.4. The highest BCUT2D eigenvalue weighted by Crippen LogP contribution is 2.29.